The van der Waals surface area contributed by atoms with Crippen LogP contribution in [0.1, 0.15) is 5.56 Å². The number of aryl methyl sites for hydroxylation is 1. The first-order chi connectivity index (χ1) is 8.29. The van der Waals surface area contributed by atoms with E-state index >= 15 is 0 Å². The molecule has 0 bridgehead atoms. The minimum absolute atomic E-state index is 0.120. The Balaban J connectivity index is 2.70. The number of carboxylic acids is 1. The van der Waals surface area contributed by atoms with E-state index in [4.69, 9.17) is 5.11 Å². The number of aromatic nitrogens is 1. The summed E-state index contributed by atoms with van der Waals surface area (Å²) in [5, 5.41) is 9.51. The van der Waals surface area contributed by atoms with Crippen molar-refractivity contribution in [1.29, 1.82) is 0 Å². The Morgan fingerprint density at radius 2 is 2.06 bits per heavy atom. The van der Waals surface area contributed by atoms with Crippen LogP contribution in [-0.2, 0) is 28.1 Å². The molecule has 0 unspecified atom stereocenters. The quantitative estimate of drug-likeness (QED) is 0.906. The van der Waals surface area contributed by atoms with Gasteiger partial charge in [0.15, 0.2) is 9.84 Å². The van der Waals surface area contributed by atoms with Gasteiger partial charge in [0.1, 0.15) is 0 Å². The van der Waals surface area contributed by atoms with Crippen molar-refractivity contribution in [3.63, 3.8) is 0 Å². The van der Waals surface area contributed by atoms with Crippen LogP contribution in [0.4, 0.5) is 0 Å². The Bertz CT molecular complexity index is 728. The summed E-state index contributed by atoms with van der Waals surface area (Å²) in [4.78, 5) is 11.0. The molecule has 0 aliphatic heterocycles. The van der Waals surface area contributed by atoms with Crippen molar-refractivity contribution >= 4 is 26.7 Å². The number of fused-ring (bicyclic) bond motifs is 1. The molecule has 2 aromatic rings. The number of hydrogen-bond donors (Lipinski definition) is 1. The molecule has 1 heterocycles. The van der Waals surface area contributed by atoms with Gasteiger partial charge in [0.25, 0.3) is 0 Å². The largest absolute Gasteiger partial charge is 0.481 e. The maximum Gasteiger partial charge on any atom is 0.307 e. The molecule has 1 aromatic heterocycles. The minimum Gasteiger partial charge on any atom is -0.481 e. The van der Waals surface area contributed by atoms with E-state index in [0.717, 1.165) is 11.8 Å². The predicted octanol–water partition coefficient (Wildman–Crippen LogP) is 1.21. The molecular weight excluding hydrogens is 254 g/mol. The molecule has 0 saturated heterocycles. The molecule has 0 aliphatic carbocycles. The Labute approximate surface area is 105 Å². The molecule has 0 spiro atoms. The van der Waals surface area contributed by atoms with Crippen LogP contribution in [-0.4, -0.2) is 30.3 Å². The van der Waals surface area contributed by atoms with Crippen LogP contribution < -0.4 is 0 Å². The molecule has 0 radical (unpaired) electrons. The molecule has 2 rings (SSSR count). The molecule has 0 amide bonds. The van der Waals surface area contributed by atoms with Gasteiger partial charge in [-0.3, -0.25) is 4.79 Å². The van der Waals surface area contributed by atoms with Gasteiger partial charge in [0.2, 0.25) is 0 Å². The number of hydrogen-bond acceptors (Lipinski definition) is 3. The van der Waals surface area contributed by atoms with Crippen LogP contribution in [0.5, 0.6) is 0 Å². The van der Waals surface area contributed by atoms with Gasteiger partial charge in [0, 0.05) is 30.4 Å². The van der Waals surface area contributed by atoms with Crippen molar-refractivity contribution in [1.82, 2.24) is 4.57 Å². The Hall–Kier alpha value is -1.82. The van der Waals surface area contributed by atoms with Crippen LogP contribution in [0.15, 0.2) is 29.3 Å². The number of nitrogens with zero attached hydrogens (tertiary/aromatic N) is 1. The maximum absolute atomic E-state index is 11.5. The Kier molecular flexibility index (Phi) is 2.90. The normalized spacial score (nSPS) is 11.9. The van der Waals surface area contributed by atoms with E-state index in [0.29, 0.717) is 10.9 Å². The maximum atomic E-state index is 11.5. The zero-order chi connectivity index (χ0) is 13.5. The lowest BCUT2D eigenvalue weighted by Gasteiger charge is -2.01. The van der Waals surface area contributed by atoms with Crippen LogP contribution in [0.3, 0.4) is 0 Å². The summed E-state index contributed by atoms with van der Waals surface area (Å²) in [5.74, 6) is -0.938. The first-order valence-corrected chi connectivity index (χ1v) is 7.18. The van der Waals surface area contributed by atoms with Crippen LogP contribution >= 0.6 is 0 Å². The van der Waals surface area contributed by atoms with E-state index < -0.39 is 15.8 Å². The SMILES string of the molecule is Cn1cc(CC(=O)O)c2cc(S(C)(=O)=O)ccc21. The molecule has 0 fully saturated rings. The van der Waals surface area contributed by atoms with Gasteiger partial charge in [0.05, 0.1) is 11.3 Å². The number of carboxylic acid groups (broad SMARTS) is 1. The highest BCUT2D eigenvalue weighted by Crippen LogP contribution is 2.24. The standard InChI is InChI=1S/C12H13NO4S/c1-13-7-8(5-12(14)15)10-6-9(18(2,16)17)3-4-11(10)13/h3-4,6-7H,5H2,1-2H3,(H,14,15). The zero-order valence-electron chi connectivity index (χ0n) is 10.0. The topological polar surface area (TPSA) is 76.4 Å². The second kappa shape index (κ2) is 4.13. The highest BCUT2D eigenvalue weighted by molar-refractivity contribution is 7.90. The molecule has 18 heavy (non-hydrogen) atoms. The zero-order valence-corrected chi connectivity index (χ0v) is 10.9. The van der Waals surface area contributed by atoms with Gasteiger partial charge in [-0.15, -0.1) is 0 Å². The summed E-state index contributed by atoms with van der Waals surface area (Å²) in [6.45, 7) is 0. The van der Waals surface area contributed by atoms with Crippen molar-refractivity contribution in [2.45, 2.75) is 11.3 Å². The van der Waals surface area contributed by atoms with Crippen molar-refractivity contribution in [3.05, 3.63) is 30.0 Å². The molecule has 6 heteroatoms. The smallest absolute Gasteiger partial charge is 0.307 e. The summed E-state index contributed by atoms with van der Waals surface area (Å²) >= 11 is 0. The minimum atomic E-state index is -3.29. The summed E-state index contributed by atoms with van der Waals surface area (Å²) in [7, 11) is -1.49. The van der Waals surface area contributed by atoms with Crippen molar-refractivity contribution in [2.75, 3.05) is 6.26 Å². The molecule has 0 saturated carbocycles. The third-order valence-corrected chi connectivity index (χ3v) is 3.92. The van der Waals surface area contributed by atoms with Gasteiger partial charge in [-0.1, -0.05) is 0 Å². The van der Waals surface area contributed by atoms with E-state index in [2.05, 4.69) is 0 Å². The monoisotopic (exact) mass is 267 g/mol. The fraction of sp³-hybridized carbons (Fsp3) is 0.250. The van der Waals surface area contributed by atoms with E-state index in [1.165, 1.54) is 12.1 Å². The number of aliphatic carboxylic acids is 1. The van der Waals surface area contributed by atoms with E-state index in [1.807, 2.05) is 0 Å². The van der Waals surface area contributed by atoms with E-state index in [9.17, 15) is 13.2 Å². The first-order valence-electron chi connectivity index (χ1n) is 5.29. The lowest BCUT2D eigenvalue weighted by Crippen LogP contribution is -2.00. The molecular formula is C12H13NO4S. The summed E-state index contributed by atoms with van der Waals surface area (Å²) < 4.78 is 24.8. The second-order valence-corrected chi connectivity index (χ2v) is 6.30. The Morgan fingerprint density at radius 3 is 2.61 bits per heavy atom. The molecule has 1 N–H and O–H groups in total. The van der Waals surface area contributed by atoms with Gasteiger partial charge >= 0.3 is 5.97 Å². The molecule has 96 valence electrons. The first kappa shape index (κ1) is 12.6. The third kappa shape index (κ3) is 2.24. The fourth-order valence-corrected chi connectivity index (χ4v) is 2.63. The summed E-state index contributed by atoms with van der Waals surface area (Å²) in [6, 6.07) is 4.75. The second-order valence-electron chi connectivity index (χ2n) is 4.29. The van der Waals surface area contributed by atoms with Crippen LogP contribution in [0.25, 0.3) is 10.9 Å². The number of rotatable bonds is 3. The molecule has 5 nitrogen and oxygen atoms in total. The van der Waals surface area contributed by atoms with E-state index in [-0.39, 0.29) is 11.3 Å². The molecule has 1 aromatic carbocycles. The lowest BCUT2D eigenvalue weighted by atomic mass is 10.1. The number of benzene rings is 1. The van der Waals surface area contributed by atoms with Crippen molar-refractivity contribution in [2.24, 2.45) is 7.05 Å². The highest BCUT2D eigenvalue weighted by atomic mass is 32.2. The summed E-state index contributed by atoms with van der Waals surface area (Å²) in [6.07, 6.45) is 2.73. The summed E-state index contributed by atoms with van der Waals surface area (Å²) in [5.41, 5.74) is 1.43. The van der Waals surface area contributed by atoms with Crippen LogP contribution in [0, 0.1) is 0 Å². The number of sulfone groups is 1. The van der Waals surface area contributed by atoms with Crippen LogP contribution in [0.2, 0.25) is 0 Å². The fourth-order valence-electron chi connectivity index (χ4n) is 1.99. The third-order valence-electron chi connectivity index (χ3n) is 2.81. The van der Waals surface area contributed by atoms with Crippen molar-refractivity contribution < 1.29 is 18.3 Å². The average molecular weight is 267 g/mol. The van der Waals surface area contributed by atoms with E-state index in [1.54, 1.807) is 23.9 Å². The molecule has 0 atom stereocenters. The predicted molar refractivity (Wildman–Crippen MR) is 67.4 cm³/mol. The van der Waals surface area contributed by atoms with Gasteiger partial charge in [-0.25, -0.2) is 8.42 Å². The van der Waals surface area contributed by atoms with Gasteiger partial charge in [-0.05, 0) is 23.8 Å². The van der Waals surface area contributed by atoms with Gasteiger partial charge < -0.3 is 9.67 Å². The Morgan fingerprint density at radius 1 is 1.39 bits per heavy atom. The van der Waals surface area contributed by atoms with Gasteiger partial charge in [-0.2, -0.15) is 0 Å². The number of carbonyl (C=O) groups is 1. The molecule has 0 aliphatic rings. The highest BCUT2D eigenvalue weighted by Gasteiger charge is 2.13. The van der Waals surface area contributed by atoms with Crippen molar-refractivity contribution in [3.8, 4) is 0 Å². The lowest BCUT2D eigenvalue weighted by molar-refractivity contribution is -0.136. The average Bonchev–Trinajstić information content (AvgIpc) is 2.53.